The molecule has 0 aromatic heterocycles. The fourth-order valence-electron chi connectivity index (χ4n) is 2.81. The molecule has 1 aromatic rings. The topological polar surface area (TPSA) is 48.9 Å². The number of benzene rings is 1. The number of ether oxygens (including phenoxy) is 1. The third-order valence-corrected chi connectivity index (χ3v) is 5.53. The van der Waals surface area contributed by atoms with Gasteiger partial charge in [-0.2, -0.15) is 0 Å². The van der Waals surface area contributed by atoms with Gasteiger partial charge < -0.3 is 15.4 Å². The minimum atomic E-state index is 0.0752. The molecular weight excluding hydrogens is 332 g/mol. The van der Waals surface area contributed by atoms with Gasteiger partial charge in [0.2, 0.25) is 0 Å². The number of hydrogen-bond acceptors (Lipinski definition) is 4. The normalized spacial score (nSPS) is 18.0. The van der Waals surface area contributed by atoms with Crippen molar-refractivity contribution >= 4 is 17.7 Å². The fraction of sp³-hybridized carbons (Fsp3) is 0.632. The van der Waals surface area contributed by atoms with Gasteiger partial charge >= 0.3 is 0 Å². The van der Waals surface area contributed by atoms with Crippen LogP contribution in [0.1, 0.15) is 20.8 Å². The highest BCUT2D eigenvalue weighted by Crippen LogP contribution is 2.21. The number of hydrogen-bond donors (Lipinski definition) is 2. The summed E-state index contributed by atoms with van der Waals surface area (Å²) in [5.74, 6) is 0.863. The van der Waals surface area contributed by atoms with E-state index in [9.17, 15) is 0 Å². The van der Waals surface area contributed by atoms with Crippen LogP contribution >= 0.6 is 11.8 Å². The van der Waals surface area contributed by atoms with Crippen molar-refractivity contribution in [1.82, 2.24) is 15.5 Å². The van der Waals surface area contributed by atoms with E-state index in [1.165, 1.54) is 4.90 Å². The highest BCUT2D eigenvalue weighted by atomic mass is 32.2. The zero-order valence-electron chi connectivity index (χ0n) is 15.9. The Labute approximate surface area is 156 Å². The van der Waals surface area contributed by atoms with Crippen molar-refractivity contribution in [3.05, 3.63) is 30.3 Å². The van der Waals surface area contributed by atoms with Crippen molar-refractivity contribution < 1.29 is 4.74 Å². The average molecular weight is 365 g/mol. The summed E-state index contributed by atoms with van der Waals surface area (Å²) in [5, 5.41) is 7.38. The van der Waals surface area contributed by atoms with Gasteiger partial charge in [0.1, 0.15) is 0 Å². The summed E-state index contributed by atoms with van der Waals surface area (Å²) in [5.41, 5.74) is 0.0752. The van der Waals surface area contributed by atoms with Crippen LogP contribution < -0.4 is 10.6 Å². The Balaban J connectivity index is 1.74. The third-order valence-electron chi connectivity index (χ3n) is 4.42. The maximum atomic E-state index is 5.45. The first-order chi connectivity index (χ1) is 12.0. The van der Waals surface area contributed by atoms with E-state index >= 15 is 0 Å². The second-order valence-corrected chi connectivity index (χ2v) is 8.47. The highest BCUT2D eigenvalue weighted by Gasteiger charge is 2.28. The van der Waals surface area contributed by atoms with Gasteiger partial charge in [0.15, 0.2) is 5.96 Å². The molecule has 0 spiro atoms. The van der Waals surface area contributed by atoms with E-state index in [1.807, 2.05) is 18.8 Å². The quantitative estimate of drug-likeness (QED) is 0.442. The number of morpholine rings is 1. The number of nitrogens with zero attached hydrogens (tertiary/aromatic N) is 2. The molecule has 1 atom stereocenters. The molecule has 2 rings (SSSR count). The largest absolute Gasteiger partial charge is 0.379 e. The van der Waals surface area contributed by atoms with Crippen LogP contribution in [0.4, 0.5) is 0 Å². The molecule has 1 aliphatic heterocycles. The molecule has 1 fully saturated rings. The lowest BCUT2D eigenvalue weighted by atomic mass is 10.0. The van der Waals surface area contributed by atoms with Crippen LogP contribution in [0.2, 0.25) is 0 Å². The van der Waals surface area contributed by atoms with Crippen molar-refractivity contribution in [2.24, 2.45) is 4.99 Å². The third kappa shape index (κ3) is 6.88. The standard InChI is InChI=1S/C19H32N4OS/c1-16(25-17-8-6-5-7-9-17)14-21-18(20-4)22-15-19(2,3)23-10-12-24-13-11-23/h5-9,16H,10-15H2,1-4H3,(H2,20,21,22). The van der Waals surface area contributed by atoms with Crippen molar-refractivity contribution in [3.8, 4) is 0 Å². The van der Waals surface area contributed by atoms with E-state index in [0.717, 1.165) is 45.4 Å². The molecule has 6 heteroatoms. The van der Waals surface area contributed by atoms with E-state index in [4.69, 9.17) is 4.74 Å². The van der Waals surface area contributed by atoms with E-state index in [0.29, 0.717) is 5.25 Å². The minimum Gasteiger partial charge on any atom is -0.379 e. The first kappa shape index (κ1) is 20.1. The van der Waals surface area contributed by atoms with Gasteiger partial charge in [0.25, 0.3) is 0 Å². The van der Waals surface area contributed by atoms with Gasteiger partial charge in [0.05, 0.1) is 13.2 Å². The summed E-state index contributed by atoms with van der Waals surface area (Å²) < 4.78 is 5.45. The molecule has 1 saturated heterocycles. The van der Waals surface area contributed by atoms with Crippen molar-refractivity contribution in [2.75, 3.05) is 46.4 Å². The summed E-state index contributed by atoms with van der Waals surface area (Å²) in [6.07, 6.45) is 0. The summed E-state index contributed by atoms with van der Waals surface area (Å²) in [6, 6.07) is 10.5. The molecule has 5 nitrogen and oxygen atoms in total. The first-order valence-electron chi connectivity index (χ1n) is 9.00. The molecule has 1 heterocycles. The van der Waals surface area contributed by atoms with Crippen LogP contribution in [0.5, 0.6) is 0 Å². The van der Waals surface area contributed by atoms with Gasteiger partial charge in [-0.15, -0.1) is 11.8 Å². The van der Waals surface area contributed by atoms with Gasteiger partial charge in [-0.25, -0.2) is 0 Å². The van der Waals surface area contributed by atoms with Gasteiger partial charge in [-0.1, -0.05) is 25.1 Å². The minimum absolute atomic E-state index is 0.0752. The zero-order chi connectivity index (χ0) is 18.1. The molecule has 0 aliphatic carbocycles. The van der Waals surface area contributed by atoms with Gasteiger partial charge in [0, 0.05) is 48.9 Å². The van der Waals surface area contributed by atoms with Crippen molar-refractivity contribution in [1.29, 1.82) is 0 Å². The van der Waals surface area contributed by atoms with Crippen LogP contribution in [0.25, 0.3) is 0 Å². The summed E-state index contributed by atoms with van der Waals surface area (Å²) >= 11 is 1.88. The molecule has 2 N–H and O–H groups in total. The lowest BCUT2D eigenvalue weighted by molar-refractivity contribution is -0.00833. The second-order valence-electron chi connectivity index (χ2n) is 6.96. The number of aliphatic imine (C=N–C) groups is 1. The van der Waals surface area contributed by atoms with Crippen LogP contribution in [-0.4, -0.2) is 68.1 Å². The Hall–Kier alpha value is -1.24. The average Bonchev–Trinajstić information content (AvgIpc) is 2.63. The SMILES string of the molecule is CN=C(NCC(C)Sc1ccccc1)NCC(C)(C)N1CCOCC1. The lowest BCUT2D eigenvalue weighted by Crippen LogP contribution is -2.56. The Morgan fingerprint density at radius 2 is 1.92 bits per heavy atom. The molecule has 1 aliphatic rings. The molecule has 1 aromatic carbocycles. The molecular formula is C19H32N4OS. The molecule has 25 heavy (non-hydrogen) atoms. The maximum Gasteiger partial charge on any atom is 0.191 e. The number of nitrogens with one attached hydrogen (secondary N) is 2. The van der Waals surface area contributed by atoms with Gasteiger partial charge in [-0.05, 0) is 26.0 Å². The summed E-state index contributed by atoms with van der Waals surface area (Å²) in [6.45, 7) is 12.1. The lowest BCUT2D eigenvalue weighted by Gasteiger charge is -2.41. The Morgan fingerprint density at radius 3 is 2.56 bits per heavy atom. The van der Waals surface area contributed by atoms with Crippen LogP contribution in [0.15, 0.2) is 40.2 Å². The Bertz CT molecular complexity index is 529. The van der Waals surface area contributed by atoms with Crippen LogP contribution in [0, 0.1) is 0 Å². The van der Waals surface area contributed by atoms with E-state index < -0.39 is 0 Å². The molecule has 0 bridgehead atoms. The Morgan fingerprint density at radius 1 is 1.24 bits per heavy atom. The molecule has 1 unspecified atom stereocenters. The predicted molar refractivity (Wildman–Crippen MR) is 108 cm³/mol. The van der Waals surface area contributed by atoms with Crippen LogP contribution in [-0.2, 0) is 4.74 Å². The number of guanidine groups is 1. The molecule has 140 valence electrons. The summed E-state index contributed by atoms with van der Waals surface area (Å²) in [7, 11) is 1.83. The number of thioether (sulfide) groups is 1. The van der Waals surface area contributed by atoms with E-state index in [-0.39, 0.29) is 5.54 Å². The first-order valence-corrected chi connectivity index (χ1v) is 9.88. The van der Waals surface area contributed by atoms with Gasteiger partial charge in [-0.3, -0.25) is 9.89 Å². The Kier molecular flexibility index (Phi) is 8.06. The molecule has 0 amide bonds. The highest BCUT2D eigenvalue weighted by molar-refractivity contribution is 8.00. The molecule has 0 saturated carbocycles. The second kappa shape index (κ2) is 10.0. The predicted octanol–water partition coefficient (Wildman–Crippen LogP) is 2.44. The van der Waals surface area contributed by atoms with E-state index in [2.05, 4.69) is 71.6 Å². The summed E-state index contributed by atoms with van der Waals surface area (Å²) in [4.78, 5) is 8.13. The van der Waals surface area contributed by atoms with Crippen LogP contribution in [0.3, 0.4) is 0 Å². The smallest absolute Gasteiger partial charge is 0.191 e. The van der Waals surface area contributed by atoms with Crippen molar-refractivity contribution in [2.45, 2.75) is 36.5 Å². The zero-order valence-corrected chi connectivity index (χ0v) is 16.7. The fourth-order valence-corrected chi connectivity index (χ4v) is 3.76. The number of rotatable bonds is 7. The monoisotopic (exact) mass is 364 g/mol. The van der Waals surface area contributed by atoms with Crippen molar-refractivity contribution in [3.63, 3.8) is 0 Å². The molecule has 0 radical (unpaired) electrons. The maximum absolute atomic E-state index is 5.45. The van der Waals surface area contributed by atoms with E-state index in [1.54, 1.807) is 0 Å².